The molecule has 0 fully saturated rings. The van der Waals surface area contributed by atoms with Crippen LogP contribution in [0.5, 0.6) is 0 Å². The van der Waals surface area contributed by atoms with Gasteiger partial charge in [0.05, 0.1) is 5.70 Å². The van der Waals surface area contributed by atoms with Gasteiger partial charge in [-0.3, -0.25) is 9.59 Å². The number of hydrogen-bond acceptors (Lipinski definition) is 3. The molecule has 22 heavy (non-hydrogen) atoms. The van der Waals surface area contributed by atoms with Crippen LogP contribution in [0.3, 0.4) is 0 Å². The van der Waals surface area contributed by atoms with Crippen LogP contribution < -0.4 is 11.5 Å². The maximum absolute atomic E-state index is 12.9. The lowest BCUT2D eigenvalue weighted by molar-refractivity contribution is -0.114. The van der Waals surface area contributed by atoms with E-state index < -0.39 is 5.91 Å². The Morgan fingerprint density at radius 2 is 1.91 bits per heavy atom. The molecule has 0 radical (unpaired) electrons. The normalized spacial score (nSPS) is 11.5. The summed E-state index contributed by atoms with van der Waals surface area (Å²) in [5.41, 5.74) is 13.1. The highest BCUT2D eigenvalue weighted by molar-refractivity contribution is 5.97. The highest BCUT2D eigenvalue weighted by Gasteiger charge is 2.12. The van der Waals surface area contributed by atoms with E-state index in [0.717, 1.165) is 11.3 Å². The van der Waals surface area contributed by atoms with Crippen LogP contribution in [-0.4, -0.2) is 16.8 Å². The summed E-state index contributed by atoms with van der Waals surface area (Å²) in [6.07, 6.45) is 3.74. The van der Waals surface area contributed by atoms with E-state index in [-0.39, 0.29) is 11.5 Å². The Hall–Kier alpha value is -2.89. The van der Waals surface area contributed by atoms with E-state index in [4.69, 9.17) is 11.5 Å². The molecule has 5 nitrogen and oxygen atoms in total. The second-order valence-corrected chi connectivity index (χ2v) is 4.92. The lowest BCUT2D eigenvalue weighted by atomic mass is 10.1. The van der Waals surface area contributed by atoms with Gasteiger partial charge in [-0.2, -0.15) is 0 Å². The molecule has 1 heterocycles. The number of primary amides is 1. The summed E-state index contributed by atoms with van der Waals surface area (Å²) in [6.45, 7) is 2.27. The predicted octanol–water partition coefficient (Wildman–Crippen LogP) is 1.58. The van der Waals surface area contributed by atoms with E-state index in [1.54, 1.807) is 25.3 Å². The van der Waals surface area contributed by atoms with E-state index in [1.165, 1.54) is 18.2 Å². The van der Waals surface area contributed by atoms with Gasteiger partial charge in [0.1, 0.15) is 5.82 Å². The number of hydrogen-bond donors (Lipinski definition) is 2. The van der Waals surface area contributed by atoms with E-state index in [0.29, 0.717) is 24.0 Å². The van der Waals surface area contributed by atoms with Crippen LogP contribution in [0, 0.1) is 12.7 Å². The van der Waals surface area contributed by atoms with Crippen LogP contribution in [0.25, 0.3) is 6.08 Å². The van der Waals surface area contributed by atoms with Gasteiger partial charge in [-0.05, 0) is 30.7 Å². The number of carbonyl (C=O) groups excluding carboxylic acids is 2. The third-order valence-corrected chi connectivity index (χ3v) is 3.40. The molecular formula is C16H16FN3O2. The van der Waals surface area contributed by atoms with E-state index in [2.05, 4.69) is 0 Å². The molecule has 6 heteroatoms. The number of nitrogens with zero attached hydrogens (tertiary/aromatic N) is 1. The lowest BCUT2D eigenvalue weighted by Gasteiger charge is -2.07. The molecule has 1 aromatic carbocycles. The van der Waals surface area contributed by atoms with Crippen molar-refractivity contribution in [1.82, 2.24) is 4.57 Å². The number of nitrogens with two attached hydrogens (primary N) is 2. The van der Waals surface area contributed by atoms with Crippen molar-refractivity contribution >= 4 is 18.3 Å². The fourth-order valence-electron chi connectivity index (χ4n) is 2.16. The largest absolute Gasteiger partial charge is 0.394 e. The van der Waals surface area contributed by atoms with Crippen molar-refractivity contribution in [2.45, 2.75) is 13.5 Å². The number of carbonyl (C=O) groups is 2. The van der Waals surface area contributed by atoms with Gasteiger partial charge in [0.25, 0.3) is 5.91 Å². The Morgan fingerprint density at radius 1 is 1.27 bits per heavy atom. The van der Waals surface area contributed by atoms with E-state index in [9.17, 15) is 14.0 Å². The second-order valence-electron chi connectivity index (χ2n) is 4.92. The monoisotopic (exact) mass is 301 g/mol. The van der Waals surface area contributed by atoms with Crippen LogP contribution in [0.2, 0.25) is 0 Å². The van der Waals surface area contributed by atoms with Gasteiger partial charge in [-0.15, -0.1) is 0 Å². The molecule has 2 aromatic rings. The zero-order chi connectivity index (χ0) is 16.3. The SMILES string of the molecule is Cc1c(/C=C(\N)C(N)=O)c(C=O)cn1Cc1ccc(F)cc1. The summed E-state index contributed by atoms with van der Waals surface area (Å²) >= 11 is 0. The third-order valence-electron chi connectivity index (χ3n) is 3.40. The van der Waals surface area contributed by atoms with Crippen LogP contribution in [-0.2, 0) is 11.3 Å². The van der Waals surface area contributed by atoms with Crippen molar-refractivity contribution in [3.05, 3.63) is 64.4 Å². The number of benzene rings is 1. The molecule has 0 atom stereocenters. The van der Waals surface area contributed by atoms with Gasteiger partial charge < -0.3 is 16.0 Å². The first-order chi connectivity index (χ1) is 10.4. The summed E-state index contributed by atoms with van der Waals surface area (Å²) in [6, 6.07) is 6.09. The number of aldehydes is 1. The van der Waals surface area contributed by atoms with Crippen LogP contribution >= 0.6 is 0 Å². The Labute approximate surface area is 127 Å². The van der Waals surface area contributed by atoms with Crippen molar-refractivity contribution < 1.29 is 14.0 Å². The zero-order valence-corrected chi connectivity index (χ0v) is 12.0. The minimum absolute atomic E-state index is 0.120. The molecule has 0 bridgehead atoms. The zero-order valence-electron chi connectivity index (χ0n) is 12.0. The Morgan fingerprint density at radius 3 is 2.45 bits per heavy atom. The number of amides is 1. The van der Waals surface area contributed by atoms with Crippen molar-refractivity contribution in [3.63, 3.8) is 0 Å². The molecule has 0 saturated carbocycles. The average Bonchev–Trinajstić information content (AvgIpc) is 2.78. The maximum atomic E-state index is 12.9. The molecule has 0 aliphatic carbocycles. The second kappa shape index (κ2) is 6.26. The Balaban J connectivity index is 2.40. The number of halogens is 1. The first-order valence-electron chi connectivity index (χ1n) is 6.58. The quantitative estimate of drug-likeness (QED) is 0.649. The van der Waals surface area contributed by atoms with Crippen molar-refractivity contribution in [2.24, 2.45) is 11.5 Å². The van der Waals surface area contributed by atoms with Crippen molar-refractivity contribution in [1.29, 1.82) is 0 Å². The van der Waals surface area contributed by atoms with Gasteiger partial charge >= 0.3 is 0 Å². The molecule has 0 aliphatic rings. The number of aromatic nitrogens is 1. The van der Waals surface area contributed by atoms with Crippen molar-refractivity contribution in [3.8, 4) is 0 Å². The van der Waals surface area contributed by atoms with E-state index >= 15 is 0 Å². The highest BCUT2D eigenvalue weighted by atomic mass is 19.1. The summed E-state index contributed by atoms with van der Waals surface area (Å²) in [4.78, 5) is 22.2. The fourth-order valence-corrected chi connectivity index (χ4v) is 2.16. The van der Waals surface area contributed by atoms with Gasteiger partial charge in [0.15, 0.2) is 6.29 Å². The molecule has 2 rings (SSSR count). The number of rotatable bonds is 5. The van der Waals surface area contributed by atoms with E-state index in [1.807, 2.05) is 4.57 Å². The molecule has 114 valence electrons. The van der Waals surface area contributed by atoms with Crippen molar-refractivity contribution in [2.75, 3.05) is 0 Å². The standard InChI is InChI=1S/C16H16FN3O2/c1-10-14(6-15(18)16(19)22)12(9-21)8-20(10)7-11-2-4-13(17)5-3-11/h2-6,8-9H,7,18H2,1H3,(H2,19,22)/b15-6-. The van der Waals surface area contributed by atoms with Crippen LogP contribution in [0.1, 0.15) is 27.2 Å². The molecular weight excluding hydrogens is 285 g/mol. The smallest absolute Gasteiger partial charge is 0.264 e. The minimum Gasteiger partial charge on any atom is -0.394 e. The summed E-state index contributed by atoms with van der Waals surface area (Å²) in [5.74, 6) is -1.05. The van der Waals surface area contributed by atoms with Gasteiger partial charge in [0.2, 0.25) is 0 Å². The predicted molar refractivity (Wildman–Crippen MR) is 81.4 cm³/mol. The molecule has 0 unspecified atom stereocenters. The Kier molecular flexibility index (Phi) is 4.41. The fraction of sp³-hybridized carbons (Fsp3) is 0.125. The van der Waals surface area contributed by atoms with Gasteiger partial charge in [0, 0.05) is 29.6 Å². The summed E-state index contributed by atoms with van der Waals surface area (Å²) in [7, 11) is 0. The lowest BCUT2D eigenvalue weighted by Crippen LogP contribution is -2.19. The molecule has 1 amide bonds. The van der Waals surface area contributed by atoms with Gasteiger partial charge in [-0.25, -0.2) is 4.39 Å². The third kappa shape index (κ3) is 3.22. The maximum Gasteiger partial charge on any atom is 0.264 e. The summed E-state index contributed by atoms with van der Waals surface area (Å²) < 4.78 is 14.8. The topological polar surface area (TPSA) is 91.1 Å². The Bertz CT molecular complexity index is 745. The van der Waals surface area contributed by atoms with Crippen LogP contribution in [0.4, 0.5) is 4.39 Å². The first kappa shape index (κ1) is 15.5. The van der Waals surface area contributed by atoms with Gasteiger partial charge in [-0.1, -0.05) is 12.1 Å². The molecule has 4 N–H and O–H groups in total. The molecule has 0 saturated heterocycles. The summed E-state index contributed by atoms with van der Waals surface area (Å²) in [5, 5.41) is 0. The van der Waals surface area contributed by atoms with Crippen LogP contribution in [0.15, 0.2) is 36.2 Å². The average molecular weight is 301 g/mol. The molecule has 1 aromatic heterocycles. The molecule has 0 spiro atoms. The highest BCUT2D eigenvalue weighted by Crippen LogP contribution is 2.20. The molecule has 0 aliphatic heterocycles. The minimum atomic E-state index is -0.748. The first-order valence-corrected chi connectivity index (χ1v) is 6.58.